The highest BCUT2D eigenvalue weighted by atomic mass is 35.5. The Bertz CT molecular complexity index is 1660. The van der Waals surface area contributed by atoms with Crippen LogP contribution in [0.15, 0.2) is 83.4 Å². The number of nitrogens with one attached hydrogen (secondary N) is 3. The normalized spacial score (nSPS) is 17.3. The highest BCUT2D eigenvalue weighted by molar-refractivity contribution is 6.30. The molecule has 2 heterocycles. The number of hydrogen-bond acceptors (Lipinski definition) is 8. The average Bonchev–Trinajstić information content (AvgIpc) is 3.05. The zero-order valence-electron chi connectivity index (χ0n) is 25.4. The molecule has 0 saturated carbocycles. The molecule has 3 aromatic rings. The first-order valence-electron chi connectivity index (χ1n) is 14.9. The SMILES string of the molecule is CN=CC(C#Cc1ccc(NN[C@@H]2COCCN2C(=O)[C@H](NC(=O)N2CCC2)c2ccccc2)cc1)=C(N)c1cc(Cl)ccc1O. The Morgan fingerprint density at radius 3 is 2.57 bits per heavy atom. The van der Waals surface area contributed by atoms with Crippen LogP contribution in [0.25, 0.3) is 5.70 Å². The Labute approximate surface area is 273 Å². The number of urea groups is 1. The number of aromatic hydroxyl groups is 1. The summed E-state index contributed by atoms with van der Waals surface area (Å²) < 4.78 is 5.68. The number of anilines is 1. The van der Waals surface area contributed by atoms with Crippen LogP contribution in [0, 0.1) is 11.8 Å². The maximum Gasteiger partial charge on any atom is 0.318 e. The fourth-order valence-electron chi connectivity index (χ4n) is 4.93. The van der Waals surface area contributed by atoms with Crippen LogP contribution in [-0.4, -0.2) is 79.1 Å². The summed E-state index contributed by atoms with van der Waals surface area (Å²) in [4.78, 5) is 34.1. The van der Waals surface area contributed by atoms with E-state index in [4.69, 9.17) is 22.1 Å². The maximum atomic E-state index is 13.9. The van der Waals surface area contributed by atoms with Crippen LogP contribution < -0.4 is 21.9 Å². The summed E-state index contributed by atoms with van der Waals surface area (Å²) >= 11 is 6.09. The zero-order valence-corrected chi connectivity index (χ0v) is 26.1. The van der Waals surface area contributed by atoms with E-state index < -0.39 is 12.2 Å². The number of nitrogens with zero attached hydrogens (tertiary/aromatic N) is 3. The minimum Gasteiger partial charge on any atom is -0.507 e. The summed E-state index contributed by atoms with van der Waals surface area (Å²) in [6.07, 6.45) is 2.00. The molecule has 0 aromatic heterocycles. The van der Waals surface area contributed by atoms with E-state index in [1.807, 2.05) is 54.6 Å². The van der Waals surface area contributed by atoms with Crippen molar-refractivity contribution in [2.45, 2.75) is 18.6 Å². The number of amides is 3. The number of phenolic OH excluding ortho intramolecular Hbond substituents is 1. The molecule has 0 radical (unpaired) electrons. The predicted octanol–water partition coefficient (Wildman–Crippen LogP) is 3.73. The Kier molecular flexibility index (Phi) is 10.8. The average molecular weight is 642 g/mol. The van der Waals surface area contributed by atoms with Crippen LogP contribution in [0.5, 0.6) is 5.75 Å². The molecule has 0 bridgehead atoms. The van der Waals surface area contributed by atoms with Crippen LogP contribution >= 0.6 is 11.6 Å². The Hall–Kier alpha value is -5.02. The molecular weight excluding hydrogens is 606 g/mol. The minimum atomic E-state index is -0.830. The van der Waals surface area contributed by atoms with Crippen LogP contribution in [0.3, 0.4) is 0 Å². The lowest BCUT2D eigenvalue weighted by atomic mass is 10.0. The van der Waals surface area contributed by atoms with E-state index in [0.29, 0.717) is 48.0 Å². The molecular formula is C34H36ClN7O4. The summed E-state index contributed by atoms with van der Waals surface area (Å²) in [5, 5.41) is 13.6. The van der Waals surface area contributed by atoms with Crippen molar-refractivity contribution in [3.05, 3.63) is 100 Å². The largest absolute Gasteiger partial charge is 0.507 e. The van der Waals surface area contributed by atoms with E-state index >= 15 is 0 Å². The number of likely N-dealkylation sites (tertiary alicyclic amines) is 1. The van der Waals surface area contributed by atoms with Gasteiger partial charge in [-0.1, -0.05) is 53.8 Å². The smallest absolute Gasteiger partial charge is 0.318 e. The summed E-state index contributed by atoms with van der Waals surface area (Å²) in [6.45, 7) is 2.39. The Balaban J connectivity index is 1.26. The first kappa shape index (κ1) is 32.4. The second-order valence-corrected chi connectivity index (χ2v) is 11.2. The predicted molar refractivity (Wildman–Crippen MR) is 179 cm³/mol. The summed E-state index contributed by atoms with van der Waals surface area (Å²) in [5.41, 5.74) is 15.9. The van der Waals surface area contributed by atoms with Crippen molar-refractivity contribution in [1.29, 1.82) is 0 Å². The van der Waals surface area contributed by atoms with Gasteiger partial charge in [0.05, 0.1) is 24.5 Å². The minimum absolute atomic E-state index is 0.00993. The molecule has 0 unspecified atom stereocenters. The summed E-state index contributed by atoms with van der Waals surface area (Å²) in [5.74, 6) is 5.87. The van der Waals surface area contributed by atoms with Gasteiger partial charge in [0.2, 0.25) is 0 Å². The number of morpholine rings is 1. The molecule has 5 rings (SSSR count). The van der Waals surface area contributed by atoms with E-state index in [9.17, 15) is 14.7 Å². The molecule has 6 N–H and O–H groups in total. The molecule has 0 aliphatic carbocycles. The standard InChI is InChI=1S/C34H36ClN7O4/c1-37-21-25(31(36)28-20-26(35)12-15-29(28)43)11-8-23-9-13-27(14-10-23)39-40-30-22-46-19-18-42(30)33(44)32(24-6-3-2-4-7-24)38-34(45)41-16-5-17-41/h2-4,6-7,9-10,12-15,20-21,30,32,39-40,43H,5,16-19,22,36H2,1H3,(H,38,45)/t30-,32+/m0/s1. The van der Waals surface area contributed by atoms with E-state index in [0.717, 1.165) is 17.7 Å². The molecule has 46 heavy (non-hydrogen) atoms. The lowest BCUT2D eigenvalue weighted by Gasteiger charge is -2.39. The van der Waals surface area contributed by atoms with Crippen LogP contribution in [0.2, 0.25) is 5.02 Å². The fraction of sp³-hybridized carbons (Fsp3) is 0.265. The number of nitrogens with two attached hydrogens (primary N) is 1. The van der Waals surface area contributed by atoms with Crippen molar-refractivity contribution < 1.29 is 19.4 Å². The van der Waals surface area contributed by atoms with Gasteiger partial charge in [-0.05, 0) is 54.4 Å². The third kappa shape index (κ3) is 7.97. The molecule has 3 aromatic carbocycles. The summed E-state index contributed by atoms with van der Waals surface area (Å²) in [6, 6.07) is 20.2. The second kappa shape index (κ2) is 15.3. The number of benzene rings is 3. The van der Waals surface area contributed by atoms with Gasteiger partial charge in [-0.2, -0.15) is 0 Å². The summed E-state index contributed by atoms with van der Waals surface area (Å²) in [7, 11) is 1.61. The van der Waals surface area contributed by atoms with Crippen LogP contribution in [0.1, 0.15) is 29.2 Å². The van der Waals surface area contributed by atoms with Crippen molar-refractivity contribution in [2.24, 2.45) is 10.7 Å². The Morgan fingerprint density at radius 2 is 1.87 bits per heavy atom. The number of aliphatic imine (C=N–C) groups is 1. The van der Waals surface area contributed by atoms with Crippen LogP contribution in [0.4, 0.5) is 10.5 Å². The number of hydrogen-bond donors (Lipinski definition) is 5. The van der Waals surface area contributed by atoms with Crippen molar-refractivity contribution in [1.82, 2.24) is 20.5 Å². The maximum absolute atomic E-state index is 13.9. The van der Waals surface area contributed by atoms with Gasteiger partial charge < -0.3 is 36.1 Å². The monoisotopic (exact) mass is 641 g/mol. The quantitative estimate of drug-likeness (QED) is 0.143. The third-order valence-electron chi connectivity index (χ3n) is 7.61. The van der Waals surface area contributed by atoms with Gasteiger partial charge in [0.25, 0.3) is 5.91 Å². The third-order valence-corrected chi connectivity index (χ3v) is 7.84. The van der Waals surface area contributed by atoms with E-state index in [2.05, 4.69) is 33.0 Å². The second-order valence-electron chi connectivity index (χ2n) is 10.7. The number of rotatable bonds is 8. The van der Waals surface area contributed by atoms with Gasteiger partial charge in [-0.25, -0.2) is 10.2 Å². The van der Waals surface area contributed by atoms with E-state index in [1.54, 1.807) is 29.0 Å². The lowest BCUT2D eigenvalue weighted by Crippen LogP contribution is -2.60. The van der Waals surface area contributed by atoms with E-state index in [-0.39, 0.29) is 30.0 Å². The molecule has 2 fully saturated rings. The molecule has 11 nitrogen and oxygen atoms in total. The lowest BCUT2D eigenvalue weighted by molar-refractivity contribution is -0.143. The molecule has 0 spiro atoms. The zero-order chi connectivity index (χ0) is 32.5. The molecule has 2 atom stereocenters. The van der Waals surface area contributed by atoms with Gasteiger partial charge >= 0.3 is 6.03 Å². The van der Waals surface area contributed by atoms with Crippen molar-refractivity contribution in [2.75, 3.05) is 45.3 Å². The Morgan fingerprint density at radius 1 is 1.11 bits per heavy atom. The van der Waals surface area contributed by atoms with Gasteiger partial charge in [-0.15, -0.1) is 0 Å². The van der Waals surface area contributed by atoms with Gasteiger partial charge in [0, 0.05) is 54.7 Å². The molecule has 2 aliphatic rings. The molecule has 2 aliphatic heterocycles. The van der Waals surface area contributed by atoms with Gasteiger partial charge in [-0.3, -0.25) is 9.79 Å². The number of halogens is 1. The number of allylic oxidation sites excluding steroid dienone is 1. The van der Waals surface area contributed by atoms with Gasteiger partial charge in [0.15, 0.2) is 0 Å². The van der Waals surface area contributed by atoms with Crippen molar-refractivity contribution >= 4 is 41.1 Å². The highest BCUT2D eigenvalue weighted by Crippen LogP contribution is 2.27. The van der Waals surface area contributed by atoms with Gasteiger partial charge in [0.1, 0.15) is 18.0 Å². The van der Waals surface area contributed by atoms with Crippen molar-refractivity contribution in [3.63, 3.8) is 0 Å². The number of carbonyl (C=O) groups excluding carboxylic acids is 2. The molecule has 2 saturated heterocycles. The molecule has 12 heteroatoms. The van der Waals surface area contributed by atoms with E-state index in [1.165, 1.54) is 12.3 Å². The van der Waals surface area contributed by atoms with Crippen LogP contribution in [-0.2, 0) is 9.53 Å². The highest BCUT2D eigenvalue weighted by Gasteiger charge is 2.35. The van der Waals surface area contributed by atoms with Crippen molar-refractivity contribution in [3.8, 4) is 17.6 Å². The first-order valence-corrected chi connectivity index (χ1v) is 15.2. The number of carbonyl (C=O) groups is 2. The number of phenols is 1. The number of hydrazine groups is 1. The molecule has 238 valence electrons. The molecule has 3 amide bonds. The number of ether oxygens (including phenoxy) is 1. The first-order chi connectivity index (χ1) is 22.3. The topological polar surface area (TPSA) is 145 Å². The fourth-order valence-corrected chi connectivity index (χ4v) is 5.10.